The molecule has 0 aliphatic carbocycles. The molecule has 0 spiro atoms. The third kappa shape index (κ3) is 8.60. The SMILES string of the molecule is CC(C)(C#N)CCSCC(=O)OC(C)(C)C. The van der Waals surface area contributed by atoms with Crippen LogP contribution >= 0.6 is 11.8 Å². The first-order chi connectivity index (χ1) is 7.16. The van der Waals surface area contributed by atoms with Crippen LogP contribution in [0.3, 0.4) is 0 Å². The van der Waals surface area contributed by atoms with E-state index in [0.29, 0.717) is 5.75 Å². The molecule has 16 heavy (non-hydrogen) atoms. The molecule has 0 saturated heterocycles. The van der Waals surface area contributed by atoms with Crippen LogP contribution in [0.5, 0.6) is 0 Å². The Bertz CT molecular complexity index is 274. The fraction of sp³-hybridized carbons (Fsp3) is 0.833. The summed E-state index contributed by atoms with van der Waals surface area (Å²) in [7, 11) is 0. The minimum absolute atomic E-state index is 0.188. The molecule has 0 rings (SSSR count). The maximum Gasteiger partial charge on any atom is 0.316 e. The van der Waals surface area contributed by atoms with Gasteiger partial charge in [-0.1, -0.05) is 0 Å². The first-order valence-electron chi connectivity index (χ1n) is 5.37. The molecule has 0 aromatic carbocycles. The highest BCUT2D eigenvalue weighted by atomic mass is 32.2. The van der Waals surface area contributed by atoms with Crippen molar-refractivity contribution in [2.24, 2.45) is 5.41 Å². The second kappa shape index (κ2) is 6.15. The summed E-state index contributed by atoms with van der Waals surface area (Å²) in [5.74, 6) is 0.978. The number of rotatable bonds is 5. The summed E-state index contributed by atoms with van der Waals surface area (Å²) in [6, 6.07) is 2.24. The van der Waals surface area contributed by atoms with Crippen molar-refractivity contribution in [2.75, 3.05) is 11.5 Å². The van der Waals surface area contributed by atoms with Crippen LogP contribution in [0.1, 0.15) is 41.0 Å². The second-order valence-electron chi connectivity index (χ2n) is 5.38. The van der Waals surface area contributed by atoms with Gasteiger partial charge in [-0.3, -0.25) is 4.79 Å². The molecule has 3 nitrogen and oxygen atoms in total. The molecular weight excluding hydrogens is 222 g/mol. The van der Waals surface area contributed by atoms with E-state index in [1.165, 1.54) is 11.8 Å². The Morgan fingerprint density at radius 3 is 2.31 bits per heavy atom. The van der Waals surface area contributed by atoms with Gasteiger partial charge in [0.25, 0.3) is 0 Å². The Hall–Kier alpha value is -0.690. The lowest BCUT2D eigenvalue weighted by Gasteiger charge is -2.19. The molecule has 0 aliphatic rings. The van der Waals surface area contributed by atoms with E-state index in [4.69, 9.17) is 10.00 Å². The molecule has 0 fully saturated rings. The molecule has 0 aromatic rings. The summed E-state index contributed by atoms with van der Waals surface area (Å²) in [4.78, 5) is 11.3. The van der Waals surface area contributed by atoms with Gasteiger partial charge in [0.15, 0.2) is 0 Å². The highest BCUT2D eigenvalue weighted by Crippen LogP contribution is 2.21. The van der Waals surface area contributed by atoms with Crippen molar-refractivity contribution in [3.8, 4) is 6.07 Å². The van der Waals surface area contributed by atoms with Crippen molar-refractivity contribution in [3.05, 3.63) is 0 Å². The van der Waals surface area contributed by atoms with E-state index >= 15 is 0 Å². The molecule has 0 aliphatic heterocycles. The lowest BCUT2D eigenvalue weighted by atomic mass is 9.93. The van der Waals surface area contributed by atoms with Gasteiger partial charge in [0.2, 0.25) is 0 Å². The summed E-state index contributed by atoms with van der Waals surface area (Å²) in [5.41, 5.74) is -0.718. The normalized spacial score (nSPS) is 12.0. The summed E-state index contributed by atoms with van der Waals surface area (Å²) in [6.45, 7) is 9.37. The summed E-state index contributed by atoms with van der Waals surface area (Å²) < 4.78 is 5.17. The predicted octanol–water partition coefficient (Wildman–Crippen LogP) is 3.00. The van der Waals surface area contributed by atoms with E-state index in [0.717, 1.165) is 12.2 Å². The van der Waals surface area contributed by atoms with Gasteiger partial charge in [0.1, 0.15) is 5.60 Å². The van der Waals surface area contributed by atoms with E-state index in [-0.39, 0.29) is 11.4 Å². The Kier molecular flexibility index (Phi) is 5.88. The Morgan fingerprint density at radius 1 is 1.31 bits per heavy atom. The van der Waals surface area contributed by atoms with Crippen molar-refractivity contribution in [3.63, 3.8) is 0 Å². The van der Waals surface area contributed by atoms with Crippen LogP contribution < -0.4 is 0 Å². The number of esters is 1. The zero-order valence-corrected chi connectivity index (χ0v) is 11.6. The maximum absolute atomic E-state index is 11.3. The number of ether oxygens (including phenoxy) is 1. The molecule has 4 heteroatoms. The third-order valence-electron chi connectivity index (χ3n) is 1.81. The number of hydrogen-bond acceptors (Lipinski definition) is 4. The number of carbonyl (C=O) groups excluding carboxylic acids is 1. The Morgan fingerprint density at radius 2 is 1.88 bits per heavy atom. The average molecular weight is 243 g/mol. The van der Waals surface area contributed by atoms with Gasteiger partial charge >= 0.3 is 5.97 Å². The van der Waals surface area contributed by atoms with Gasteiger partial charge in [0, 0.05) is 0 Å². The van der Waals surface area contributed by atoms with Crippen molar-refractivity contribution >= 4 is 17.7 Å². The maximum atomic E-state index is 11.3. The fourth-order valence-corrected chi connectivity index (χ4v) is 1.93. The van der Waals surface area contributed by atoms with Crippen molar-refractivity contribution < 1.29 is 9.53 Å². The quantitative estimate of drug-likeness (QED) is 0.550. The number of carbonyl (C=O) groups is 1. The molecular formula is C12H21NO2S. The molecule has 0 N–H and O–H groups in total. The molecule has 0 heterocycles. The Labute approximate surface area is 103 Å². The van der Waals surface area contributed by atoms with Gasteiger partial charge in [-0.25, -0.2) is 0 Å². The number of hydrogen-bond donors (Lipinski definition) is 0. The van der Waals surface area contributed by atoms with Gasteiger partial charge in [-0.05, 0) is 46.8 Å². The van der Waals surface area contributed by atoms with Crippen LogP contribution in [0.2, 0.25) is 0 Å². The van der Waals surface area contributed by atoms with Crippen LogP contribution in [0.15, 0.2) is 0 Å². The molecule has 0 amide bonds. The number of nitriles is 1. The van der Waals surface area contributed by atoms with Crippen LogP contribution in [-0.2, 0) is 9.53 Å². The van der Waals surface area contributed by atoms with E-state index in [2.05, 4.69) is 6.07 Å². The molecule has 0 bridgehead atoms. The predicted molar refractivity (Wildman–Crippen MR) is 67.2 cm³/mol. The largest absolute Gasteiger partial charge is 0.459 e. The molecule has 0 saturated carbocycles. The van der Waals surface area contributed by atoms with E-state index in [1.54, 1.807) is 0 Å². The topological polar surface area (TPSA) is 50.1 Å². The summed E-state index contributed by atoms with van der Waals surface area (Å²) in [6.07, 6.45) is 0.789. The minimum Gasteiger partial charge on any atom is -0.459 e. The number of thioether (sulfide) groups is 1. The standard InChI is InChI=1S/C12H21NO2S/c1-11(2,3)15-10(14)8-16-7-6-12(4,5)9-13/h6-8H2,1-5H3. The van der Waals surface area contributed by atoms with Crippen molar-refractivity contribution in [1.82, 2.24) is 0 Å². The zero-order valence-electron chi connectivity index (χ0n) is 10.8. The molecule has 0 aromatic heterocycles. The van der Waals surface area contributed by atoms with Crippen molar-refractivity contribution in [1.29, 1.82) is 5.26 Å². The van der Waals surface area contributed by atoms with Crippen LogP contribution in [0.4, 0.5) is 0 Å². The monoisotopic (exact) mass is 243 g/mol. The van der Waals surface area contributed by atoms with Crippen LogP contribution in [0, 0.1) is 16.7 Å². The van der Waals surface area contributed by atoms with Crippen LogP contribution in [0.25, 0.3) is 0 Å². The van der Waals surface area contributed by atoms with Gasteiger partial charge in [0.05, 0.1) is 17.2 Å². The smallest absolute Gasteiger partial charge is 0.316 e. The lowest BCUT2D eigenvalue weighted by Crippen LogP contribution is -2.25. The third-order valence-corrected chi connectivity index (χ3v) is 2.75. The van der Waals surface area contributed by atoms with E-state index in [1.807, 2.05) is 34.6 Å². The molecule has 0 unspecified atom stereocenters. The fourth-order valence-electron chi connectivity index (χ4n) is 0.910. The van der Waals surface area contributed by atoms with E-state index in [9.17, 15) is 4.79 Å². The van der Waals surface area contributed by atoms with Gasteiger partial charge < -0.3 is 4.74 Å². The van der Waals surface area contributed by atoms with Crippen molar-refractivity contribution in [2.45, 2.75) is 46.6 Å². The highest BCUT2D eigenvalue weighted by Gasteiger charge is 2.18. The lowest BCUT2D eigenvalue weighted by molar-refractivity contribution is -0.151. The first-order valence-corrected chi connectivity index (χ1v) is 6.53. The van der Waals surface area contributed by atoms with Gasteiger partial charge in [-0.15, -0.1) is 0 Å². The zero-order chi connectivity index (χ0) is 12.8. The van der Waals surface area contributed by atoms with Crippen LogP contribution in [-0.4, -0.2) is 23.1 Å². The number of nitrogens with zero attached hydrogens (tertiary/aromatic N) is 1. The minimum atomic E-state index is -0.413. The average Bonchev–Trinajstić information content (AvgIpc) is 2.10. The van der Waals surface area contributed by atoms with E-state index < -0.39 is 5.60 Å². The van der Waals surface area contributed by atoms with Gasteiger partial charge in [-0.2, -0.15) is 17.0 Å². The molecule has 92 valence electrons. The first kappa shape index (κ1) is 15.3. The highest BCUT2D eigenvalue weighted by molar-refractivity contribution is 7.99. The Balaban J connectivity index is 3.69. The molecule has 0 atom stereocenters. The second-order valence-corrected chi connectivity index (χ2v) is 6.49. The molecule has 0 radical (unpaired) electrons. The summed E-state index contributed by atoms with van der Waals surface area (Å²) >= 11 is 1.52. The summed E-state index contributed by atoms with van der Waals surface area (Å²) in [5, 5.41) is 8.80.